The van der Waals surface area contributed by atoms with Gasteiger partial charge in [0.25, 0.3) is 5.91 Å². The van der Waals surface area contributed by atoms with Gasteiger partial charge in [-0.15, -0.1) is 0 Å². The van der Waals surface area contributed by atoms with Gasteiger partial charge in [0, 0.05) is 12.3 Å². The fraction of sp³-hybridized carbons (Fsp3) is 0.677. The molecule has 2 heterocycles. The van der Waals surface area contributed by atoms with E-state index >= 15 is 0 Å². The van der Waals surface area contributed by atoms with Gasteiger partial charge in [0.1, 0.15) is 5.84 Å². The van der Waals surface area contributed by atoms with Gasteiger partial charge in [-0.25, -0.2) is 4.90 Å². The third-order valence-electron chi connectivity index (χ3n) is 7.67. The van der Waals surface area contributed by atoms with Crippen molar-refractivity contribution in [3.05, 3.63) is 30.3 Å². The molecule has 204 valence electrons. The molecule has 1 atom stereocenters. The molecule has 0 radical (unpaired) electrons. The van der Waals surface area contributed by atoms with E-state index in [0.29, 0.717) is 5.69 Å². The average molecular weight is 510 g/mol. The maximum atomic E-state index is 12.9. The molecule has 1 aromatic carbocycles. The van der Waals surface area contributed by atoms with Crippen molar-refractivity contribution in [1.29, 1.82) is 0 Å². The van der Waals surface area contributed by atoms with Crippen molar-refractivity contribution in [2.45, 2.75) is 129 Å². The van der Waals surface area contributed by atoms with Crippen LogP contribution in [0.5, 0.6) is 0 Å². The number of anilines is 1. The number of hydrogen-bond donors (Lipinski definition) is 0. The van der Waals surface area contributed by atoms with Crippen molar-refractivity contribution < 1.29 is 14.4 Å². The maximum absolute atomic E-state index is 12.9. The molecule has 0 N–H and O–H groups in total. The molecular formula is C31H47N3O3. The van der Waals surface area contributed by atoms with Gasteiger partial charge in [-0.3, -0.25) is 14.4 Å². The fourth-order valence-electron chi connectivity index (χ4n) is 5.44. The van der Waals surface area contributed by atoms with Crippen LogP contribution < -0.4 is 5.01 Å². The average Bonchev–Trinajstić information content (AvgIpc) is 3.42. The monoisotopic (exact) mass is 509 g/mol. The molecule has 1 saturated heterocycles. The predicted molar refractivity (Wildman–Crippen MR) is 150 cm³/mol. The molecule has 1 fully saturated rings. The lowest BCUT2D eigenvalue weighted by Gasteiger charge is -2.13. The summed E-state index contributed by atoms with van der Waals surface area (Å²) in [6.45, 7) is 2.27. The Morgan fingerprint density at radius 3 is 1.76 bits per heavy atom. The minimum atomic E-state index is -0.275. The highest BCUT2D eigenvalue weighted by atomic mass is 16.2. The highest BCUT2D eigenvalue weighted by molar-refractivity contribution is 6.24. The molecule has 3 rings (SSSR count). The minimum Gasteiger partial charge on any atom is -0.274 e. The van der Waals surface area contributed by atoms with Gasteiger partial charge < -0.3 is 0 Å². The largest absolute Gasteiger partial charge is 0.274 e. The van der Waals surface area contributed by atoms with Crippen molar-refractivity contribution in [2.75, 3.05) is 5.01 Å². The van der Waals surface area contributed by atoms with E-state index in [1.165, 1.54) is 94.9 Å². The van der Waals surface area contributed by atoms with Crippen molar-refractivity contribution in [1.82, 2.24) is 4.90 Å². The maximum Gasteiger partial charge on any atom is 0.255 e. The summed E-state index contributed by atoms with van der Waals surface area (Å²) in [5, 5.41) is 5.61. The summed E-state index contributed by atoms with van der Waals surface area (Å²) in [6, 6.07) is 9.11. The molecular weight excluding hydrogens is 462 g/mol. The van der Waals surface area contributed by atoms with Crippen LogP contribution in [0.1, 0.15) is 129 Å². The van der Waals surface area contributed by atoms with Crippen LogP contribution in [0.3, 0.4) is 0 Å². The van der Waals surface area contributed by atoms with Gasteiger partial charge in [-0.1, -0.05) is 128 Å². The van der Waals surface area contributed by atoms with E-state index in [0.717, 1.165) is 24.2 Å². The molecule has 0 spiro atoms. The van der Waals surface area contributed by atoms with Gasteiger partial charge in [0.2, 0.25) is 11.8 Å². The molecule has 0 aromatic heterocycles. The summed E-state index contributed by atoms with van der Waals surface area (Å²) < 4.78 is 0. The second kappa shape index (κ2) is 16.4. The molecule has 3 amide bonds. The highest BCUT2D eigenvalue weighted by Crippen LogP contribution is 2.29. The van der Waals surface area contributed by atoms with E-state index in [4.69, 9.17) is 0 Å². The number of unbranched alkanes of at least 4 members (excludes halogenated alkanes) is 15. The zero-order chi connectivity index (χ0) is 26.3. The number of imide groups is 1. The summed E-state index contributed by atoms with van der Waals surface area (Å²) in [6.07, 6.45) is 22.0. The first-order chi connectivity index (χ1) is 18.1. The van der Waals surface area contributed by atoms with Crippen LogP contribution >= 0.6 is 0 Å². The predicted octanol–water partition coefficient (Wildman–Crippen LogP) is 7.76. The molecule has 0 unspecified atom stereocenters. The molecule has 1 aromatic rings. The minimum absolute atomic E-state index is 0.0157. The van der Waals surface area contributed by atoms with Gasteiger partial charge >= 0.3 is 0 Å². The second-order valence-electron chi connectivity index (χ2n) is 10.8. The summed E-state index contributed by atoms with van der Waals surface area (Å²) >= 11 is 0. The zero-order valence-corrected chi connectivity index (χ0v) is 23.0. The SMILES string of the molecule is CCCCCCCCCCCCCCCCCC[C@H]1CC(=O)N(C2=NN(c3ccccc3)C(=O)C2)C1=O. The molecule has 37 heavy (non-hydrogen) atoms. The Morgan fingerprint density at radius 1 is 0.703 bits per heavy atom. The number of amides is 3. The Hall–Kier alpha value is -2.50. The van der Waals surface area contributed by atoms with E-state index in [1.807, 2.05) is 18.2 Å². The normalized spacial score (nSPS) is 17.8. The van der Waals surface area contributed by atoms with Gasteiger partial charge in [0.15, 0.2) is 0 Å². The number of likely N-dealkylation sites (tertiary alicyclic amines) is 1. The number of carbonyl (C=O) groups is 3. The quantitative estimate of drug-likeness (QED) is 0.150. The zero-order valence-electron chi connectivity index (χ0n) is 23.0. The van der Waals surface area contributed by atoms with Crippen LogP contribution in [-0.2, 0) is 14.4 Å². The van der Waals surface area contributed by atoms with E-state index < -0.39 is 0 Å². The summed E-state index contributed by atoms with van der Waals surface area (Å²) in [4.78, 5) is 39.1. The number of amidine groups is 1. The molecule has 0 aliphatic carbocycles. The van der Waals surface area contributed by atoms with Gasteiger partial charge in [-0.05, 0) is 18.6 Å². The van der Waals surface area contributed by atoms with Crippen LogP contribution in [0.2, 0.25) is 0 Å². The molecule has 2 aliphatic rings. The van der Waals surface area contributed by atoms with Gasteiger partial charge in [-0.2, -0.15) is 10.1 Å². The fourth-order valence-corrected chi connectivity index (χ4v) is 5.44. The van der Waals surface area contributed by atoms with Crippen LogP contribution in [-0.4, -0.2) is 28.5 Å². The number of hydrazone groups is 1. The first kappa shape index (κ1) is 29.1. The molecule has 2 aliphatic heterocycles. The van der Waals surface area contributed by atoms with E-state index in [2.05, 4.69) is 12.0 Å². The first-order valence-corrected chi connectivity index (χ1v) is 14.9. The lowest BCUT2D eigenvalue weighted by molar-refractivity contribution is -0.134. The molecule has 6 nitrogen and oxygen atoms in total. The van der Waals surface area contributed by atoms with Crippen molar-refractivity contribution in [2.24, 2.45) is 11.0 Å². The summed E-state index contributed by atoms with van der Waals surface area (Å²) in [5.41, 5.74) is 0.645. The Morgan fingerprint density at radius 2 is 1.22 bits per heavy atom. The van der Waals surface area contributed by atoms with E-state index in [-0.39, 0.29) is 42.3 Å². The number of carbonyl (C=O) groups excluding carboxylic acids is 3. The Bertz CT molecular complexity index is 883. The Balaban J connectivity index is 1.23. The number of hydrogen-bond acceptors (Lipinski definition) is 4. The number of nitrogens with zero attached hydrogens (tertiary/aromatic N) is 3. The third-order valence-corrected chi connectivity index (χ3v) is 7.67. The van der Waals surface area contributed by atoms with Crippen LogP contribution in [0.15, 0.2) is 35.4 Å². The third kappa shape index (κ3) is 9.39. The van der Waals surface area contributed by atoms with Crippen molar-refractivity contribution in [3.63, 3.8) is 0 Å². The number of rotatable bonds is 18. The number of benzene rings is 1. The standard InChI is InChI=1S/C31H47N3O3/c1-2-3-4-5-6-7-8-9-10-11-12-13-14-15-16-18-21-26-24-29(35)33(31(26)37)28-25-30(36)34(32-28)27-22-19-17-20-23-27/h17,19-20,22-23,26H,2-16,18,21,24-25H2,1H3/t26-/m0/s1. The molecule has 0 saturated carbocycles. The van der Waals surface area contributed by atoms with E-state index in [1.54, 1.807) is 12.1 Å². The topological polar surface area (TPSA) is 70.1 Å². The highest BCUT2D eigenvalue weighted by Gasteiger charge is 2.43. The van der Waals surface area contributed by atoms with Crippen LogP contribution in [0.4, 0.5) is 5.69 Å². The first-order valence-electron chi connectivity index (χ1n) is 14.9. The summed E-state index contributed by atoms with van der Waals surface area (Å²) in [5.74, 6) is -0.649. The Labute approximate surface area is 223 Å². The lowest BCUT2D eigenvalue weighted by atomic mass is 9.98. The van der Waals surface area contributed by atoms with Crippen molar-refractivity contribution in [3.8, 4) is 0 Å². The van der Waals surface area contributed by atoms with Gasteiger partial charge in [0.05, 0.1) is 12.1 Å². The van der Waals surface area contributed by atoms with E-state index in [9.17, 15) is 14.4 Å². The molecule has 6 heteroatoms. The van der Waals surface area contributed by atoms with Crippen LogP contribution in [0.25, 0.3) is 0 Å². The summed E-state index contributed by atoms with van der Waals surface area (Å²) in [7, 11) is 0. The lowest BCUT2D eigenvalue weighted by Crippen LogP contribution is -2.36. The van der Waals surface area contributed by atoms with Crippen molar-refractivity contribution >= 4 is 29.2 Å². The second-order valence-corrected chi connectivity index (χ2v) is 10.8. The molecule has 0 bridgehead atoms. The Kier molecular flexibility index (Phi) is 12.9. The van der Waals surface area contributed by atoms with Crippen LogP contribution in [0, 0.1) is 5.92 Å². The number of para-hydroxylation sites is 1. The smallest absolute Gasteiger partial charge is 0.255 e.